The fourth-order valence-corrected chi connectivity index (χ4v) is 11.9. The van der Waals surface area contributed by atoms with Crippen LogP contribution in [0.4, 0.5) is 0 Å². The van der Waals surface area contributed by atoms with Crippen LogP contribution in [0.1, 0.15) is 130 Å². The number of rotatable bonds is 12. The molecule has 5 amide bonds. The molecule has 57 heavy (non-hydrogen) atoms. The van der Waals surface area contributed by atoms with Crippen molar-refractivity contribution in [2.24, 2.45) is 33.5 Å². The van der Waals surface area contributed by atoms with E-state index in [4.69, 9.17) is 0 Å². The summed E-state index contributed by atoms with van der Waals surface area (Å²) in [6.07, 6.45) is 13.6. The number of hydrogen-bond acceptors (Lipinski definition) is 9. The molecule has 5 aliphatic rings. The molecule has 6 rings (SSSR count). The maximum absolute atomic E-state index is 15.1. The van der Waals surface area contributed by atoms with E-state index in [0.29, 0.717) is 13.0 Å². The molecule has 6 atom stereocenters. The molecular formula is C41H62N8O7S. The second-order valence-electron chi connectivity index (χ2n) is 19.9. The molecule has 5 fully saturated rings. The van der Waals surface area contributed by atoms with Crippen molar-refractivity contribution in [1.82, 2.24) is 40.3 Å². The van der Waals surface area contributed by atoms with Crippen LogP contribution in [0, 0.1) is 33.5 Å². The summed E-state index contributed by atoms with van der Waals surface area (Å²) in [6.45, 7) is 19.0. The van der Waals surface area contributed by atoms with E-state index >= 15 is 4.79 Å². The van der Waals surface area contributed by atoms with Crippen molar-refractivity contribution >= 4 is 39.7 Å². The highest BCUT2D eigenvalue weighted by molar-refractivity contribution is 7.88. The smallest absolute Gasteiger partial charge is 0.301 e. The first-order chi connectivity index (χ1) is 26.4. The summed E-state index contributed by atoms with van der Waals surface area (Å²) in [5.74, 6) is -3.59. The minimum Gasteiger partial charge on any atom is -0.342 e. The number of nitrogens with one attached hydrogen (secondary N) is 5. The van der Waals surface area contributed by atoms with E-state index in [1.54, 1.807) is 25.7 Å². The molecule has 16 heteroatoms. The zero-order valence-corrected chi connectivity index (χ0v) is 35.6. The van der Waals surface area contributed by atoms with Gasteiger partial charge in [-0.15, -0.1) is 6.58 Å². The van der Waals surface area contributed by atoms with E-state index < -0.39 is 80.3 Å². The molecule has 0 radical (unpaired) electrons. The number of fused-ring (bicyclic) bond motifs is 1. The van der Waals surface area contributed by atoms with Crippen molar-refractivity contribution < 1.29 is 32.4 Å². The van der Waals surface area contributed by atoms with Crippen molar-refractivity contribution in [2.45, 2.75) is 149 Å². The Balaban J connectivity index is 1.29. The van der Waals surface area contributed by atoms with Gasteiger partial charge in [-0.05, 0) is 81.5 Å². The van der Waals surface area contributed by atoms with Crippen LogP contribution in [-0.2, 0) is 29.4 Å². The van der Waals surface area contributed by atoms with Gasteiger partial charge in [0, 0.05) is 35.8 Å². The van der Waals surface area contributed by atoms with E-state index in [0.717, 1.165) is 51.4 Å². The minimum atomic E-state index is -4.28. The third-order valence-corrected chi connectivity index (χ3v) is 15.3. The first kappa shape index (κ1) is 42.7. The molecule has 4 saturated carbocycles. The van der Waals surface area contributed by atoms with Gasteiger partial charge < -0.3 is 20.9 Å². The number of nitrogens with zero attached hydrogens (tertiary/aromatic N) is 3. The first-order valence-corrected chi connectivity index (χ1v) is 21.9. The molecule has 5 N–H and O–H groups in total. The van der Waals surface area contributed by atoms with Crippen LogP contribution >= 0.6 is 0 Å². The summed E-state index contributed by atoms with van der Waals surface area (Å²) >= 11 is 0. The molecule has 1 saturated heterocycles. The van der Waals surface area contributed by atoms with E-state index in [2.05, 4.69) is 55.8 Å². The maximum Gasteiger partial charge on any atom is 0.301 e. The zero-order valence-electron chi connectivity index (χ0n) is 34.8. The summed E-state index contributed by atoms with van der Waals surface area (Å²) in [4.78, 5) is 81.0. The van der Waals surface area contributed by atoms with E-state index in [1.807, 2.05) is 20.8 Å². The second-order valence-corrected chi connectivity index (χ2v) is 21.3. The van der Waals surface area contributed by atoms with Gasteiger partial charge in [-0.25, -0.2) is 9.71 Å². The molecular weight excluding hydrogens is 749 g/mol. The molecule has 2 spiro atoms. The quantitative estimate of drug-likeness (QED) is 0.196. The van der Waals surface area contributed by atoms with E-state index in [-0.39, 0.29) is 34.3 Å². The summed E-state index contributed by atoms with van der Waals surface area (Å²) in [5.41, 5.74) is -3.77. The van der Waals surface area contributed by atoms with Crippen molar-refractivity contribution in [2.75, 3.05) is 6.54 Å². The lowest BCUT2D eigenvalue weighted by Gasteiger charge is -2.38. The number of carbonyl (C=O) groups excluding carboxylic acids is 5. The highest BCUT2D eigenvalue weighted by atomic mass is 32.2. The Labute approximate surface area is 337 Å². The molecule has 1 aliphatic heterocycles. The van der Waals surface area contributed by atoms with Gasteiger partial charge in [0.2, 0.25) is 17.7 Å². The van der Waals surface area contributed by atoms with Gasteiger partial charge in [0.15, 0.2) is 0 Å². The number of aromatic nitrogens is 2. The fraction of sp³-hybridized carbons (Fsp3) is 0.732. The van der Waals surface area contributed by atoms with Gasteiger partial charge in [-0.1, -0.05) is 66.4 Å². The van der Waals surface area contributed by atoms with Crippen LogP contribution in [-0.4, -0.2) is 88.6 Å². The van der Waals surface area contributed by atoms with Gasteiger partial charge in [-0.3, -0.25) is 29.0 Å². The third-order valence-electron chi connectivity index (χ3n) is 14.0. The summed E-state index contributed by atoms with van der Waals surface area (Å²) < 4.78 is 30.4. The molecule has 1 aromatic rings. The lowest BCUT2D eigenvalue weighted by Crippen LogP contribution is -2.62. The molecule has 0 unspecified atom stereocenters. The lowest BCUT2D eigenvalue weighted by atomic mass is 9.73. The Morgan fingerprint density at radius 2 is 1.60 bits per heavy atom. The molecule has 4 aliphatic carbocycles. The highest BCUT2D eigenvalue weighted by Crippen LogP contribution is 2.88. The summed E-state index contributed by atoms with van der Waals surface area (Å²) in [7, 11) is -4.28. The highest BCUT2D eigenvalue weighted by Gasteiger charge is 2.85. The Kier molecular flexibility index (Phi) is 11.0. The minimum absolute atomic E-state index is 0.0459. The maximum atomic E-state index is 15.1. The van der Waals surface area contributed by atoms with Gasteiger partial charge in [-0.2, -0.15) is 13.1 Å². The van der Waals surface area contributed by atoms with Gasteiger partial charge >= 0.3 is 10.2 Å². The van der Waals surface area contributed by atoms with Crippen LogP contribution in [0.15, 0.2) is 31.2 Å². The Hall–Kier alpha value is -3.92. The first-order valence-electron chi connectivity index (χ1n) is 20.4. The molecule has 1 aromatic heterocycles. The Bertz CT molecular complexity index is 1900. The van der Waals surface area contributed by atoms with Crippen LogP contribution in [0.5, 0.6) is 0 Å². The number of hydrogen-bond donors (Lipinski definition) is 5. The van der Waals surface area contributed by atoms with Crippen LogP contribution in [0.3, 0.4) is 0 Å². The lowest BCUT2D eigenvalue weighted by molar-refractivity contribution is -0.145. The summed E-state index contributed by atoms with van der Waals surface area (Å²) in [6, 6.07) is -3.01. The van der Waals surface area contributed by atoms with Crippen molar-refractivity contribution in [3.05, 3.63) is 36.9 Å². The topological polar surface area (TPSA) is 209 Å². The average molecular weight is 811 g/mol. The van der Waals surface area contributed by atoms with Crippen molar-refractivity contribution in [3.63, 3.8) is 0 Å². The molecule has 0 bridgehead atoms. The predicted molar refractivity (Wildman–Crippen MR) is 213 cm³/mol. The summed E-state index contributed by atoms with van der Waals surface area (Å²) in [5, 5.41) is 8.84. The molecule has 0 aromatic carbocycles. The van der Waals surface area contributed by atoms with Crippen molar-refractivity contribution in [1.29, 1.82) is 0 Å². The fourth-order valence-electron chi connectivity index (χ4n) is 10.6. The monoisotopic (exact) mass is 810 g/mol. The number of likely N-dealkylation sites (tertiary alicyclic amines) is 1. The van der Waals surface area contributed by atoms with Gasteiger partial charge in [0.1, 0.15) is 29.4 Å². The Morgan fingerprint density at radius 1 is 0.930 bits per heavy atom. The van der Waals surface area contributed by atoms with Crippen molar-refractivity contribution in [3.8, 4) is 0 Å². The van der Waals surface area contributed by atoms with Crippen LogP contribution in [0.2, 0.25) is 0 Å². The SMILES string of the molecule is C=C[C@@H]1C[C@]1(NC(=O)[C@@H]1C[C@@]2(CN1C(=O)[C@@H](NC(=O)[C@@H](NC(=O)c1cnccn1)C1CCCCC1)C(C)(C)C)C(C)(C)C21CCC1)C(=O)NS(=O)(=O)NC(C)(C)C. The molecule has 314 valence electrons. The average Bonchev–Trinajstić information content (AvgIpc) is 3.83. The molecule has 15 nitrogen and oxygen atoms in total. The largest absolute Gasteiger partial charge is 0.342 e. The normalized spacial score (nSPS) is 28.7. The van der Waals surface area contributed by atoms with Crippen LogP contribution in [0.25, 0.3) is 0 Å². The Morgan fingerprint density at radius 3 is 2.11 bits per heavy atom. The van der Waals surface area contributed by atoms with E-state index in [9.17, 15) is 27.6 Å². The van der Waals surface area contributed by atoms with E-state index in [1.165, 1.54) is 24.7 Å². The van der Waals surface area contributed by atoms with Gasteiger partial charge in [0.05, 0.1) is 6.20 Å². The zero-order chi connectivity index (χ0) is 42.0. The van der Waals surface area contributed by atoms with Gasteiger partial charge in [0.25, 0.3) is 11.8 Å². The second kappa shape index (κ2) is 14.7. The standard InChI is InChI=1S/C41H62N8O7S/c1-10-26-21-41(26,35(54)47-57(55,56)48-37(5,6)7)46-32(51)28-22-40(38(8,9)39(40)17-14-18-39)24-49(28)34(53)30(36(2,3)4)45-33(52)29(25-15-12-11-13-16-25)44-31(50)27-23-42-19-20-43-27/h10,19-20,23,25-26,28-30,48H,1,11-18,21-22,24H2,2-9H3,(H,44,50)(H,45,52)(H,46,51)(H,47,54)/t26-,28+,29+,30-,40-,41-/m1/s1. The number of carbonyl (C=O) groups is 5. The molecule has 2 heterocycles. The predicted octanol–water partition coefficient (Wildman–Crippen LogP) is 3.29. The van der Waals surface area contributed by atoms with Crippen LogP contribution < -0.4 is 25.4 Å². The number of amides is 5. The third kappa shape index (κ3) is 7.72.